The molecule has 2 nitrogen and oxygen atoms in total. The molecule has 0 radical (unpaired) electrons. The van der Waals surface area contributed by atoms with Crippen molar-refractivity contribution in [2.75, 3.05) is 12.9 Å². The molecule has 2 rings (SSSR count). The summed E-state index contributed by atoms with van der Waals surface area (Å²) in [4.78, 5) is 0. The monoisotopic (exact) mass is 279 g/mol. The highest BCUT2D eigenvalue weighted by Gasteiger charge is 2.20. The molecule has 1 saturated carbocycles. The standard InChI is InChI=1S/C16H25NOS/c1-12-4-3-5-15(10-12)19-11-16(17)13-6-8-14(18-2)9-7-13/h6-9,12,15-16H,3-5,10-11,17H2,1-2H3. The highest BCUT2D eigenvalue weighted by atomic mass is 32.2. The number of methoxy groups -OCH3 is 1. The van der Waals surface area contributed by atoms with Crippen molar-refractivity contribution in [1.29, 1.82) is 0 Å². The maximum absolute atomic E-state index is 6.28. The van der Waals surface area contributed by atoms with Gasteiger partial charge < -0.3 is 10.5 Å². The summed E-state index contributed by atoms with van der Waals surface area (Å²) in [5.74, 6) is 2.80. The molecule has 0 aromatic heterocycles. The summed E-state index contributed by atoms with van der Waals surface area (Å²) in [6.45, 7) is 2.37. The Morgan fingerprint density at radius 1 is 1.32 bits per heavy atom. The van der Waals surface area contributed by atoms with Crippen molar-refractivity contribution < 1.29 is 4.74 Å². The Bertz CT molecular complexity index is 379. The average molecular weight is 279 g/mol. The molecule has 0 saturated heterocycles. The number of nitrogens with two attached hydrogens (primary N) is 1. The number of thioether (sulfide) groups is 1. The Labute approximate surface area is 121 Å². The normalized spacial score (nSPS) is 25.0. The van der Waals surface area contributed by atoms with Crippen molar-refractivity contribution >= 4 is 11.8 Å². The molecule has 1 aliphatic rings. The summed E-state index contributed by atoms with van der Waals surface area (Å²) < 4.78 is 5.17. The lowest BCUT2D eigenvalue weighted by atomic mass is 9.91. The van der Waals surface area contributed by atoms with Crippen LogP contribution in [0.1, 0.15) is 44.2 Å². The fourth-order valence-electron chi connectivity index (χ4n) is 2.72. The van der Waals surface area contributed by atoms with Crippen LogP contribution in [0.25, 0.3) is 0 Å². The lowest BCUT2D eigenvalue weighted by Gasteiger charge is -2.27. The lowest BCUT2D eigenvalue weighted by molar-refractivity contribution is 0.394. The van der Waals surface area contributed by atoms with Gasteiger partial charge in [-0.15, -0.1) is 0 Å². The minimum atomic E-state index is 0.133. The fourth-order valence-corrected chi connectivity index (χ4v) is 4.19. The van der Waals surface area contributed by atoms with Crippen LogP contribution < -0.4 is 10.5 Å². The van der Waals surface area contributed by atoms with Crippen LogP contribution in [0.2, 0.25) is 0 Å². The van der Waals surface area contributed by atoms with E-state index in [9.17, 15) is 0 Å². The Morgan fingerprint density at radius 3 is 2.68 bits per heavy atom. The van der Waals surface area contributed by atoms with Crippen LogP contribution in [0.5, 0.6) is 5.75 Å². The number of benzene rings is 1. The fraction of sp³-hybridized carbons (Fsp3) is 0.625. The predicted molar refractivity (Wildman–Crippen MR) is 83.8 cm³/mol. The van der Waals surface area contributed by atoms with Crippen LogP contribution in [-0.4, -0.2) is 18.1 Å². The van der Waals surface area contributed by atoms with Crippen LogP contribution in [0.4, 0.5) is 0 Å². The first-order valence-electron chi connectivity index (χ1n) is 7.20. The summed E-state index contributed by atoms with van der Waals surface area (Å²) in [7, 11) is 1.69. The van der Waals surface area contributed by atoms with Crippen LogP contribution >= 0.6 is 11.8 Å². The molecular formula is C16H25NOS. The largest absolute Gasteiger partial charge is 0.497 e. The second-order valence-corrected chi connectivity index (χ2v) is 6.94. The molecule has 19 heavy (non-hydrogen) atoms. The molecule has 3 atom stereocenters. The first-order chi connectivity index (χ1) is 9.19. The van der Waals surface area contributed by atoms with Gasteiger partial charge in [0.1, 0.15) is 5.75 Å². The average Bonchev–Trinajstić information content (AvgIpc) is 2.45. The van der Waals surface area contributed by atoms with Crippen molar-refractivity contribution in [3.05, 3.63) is 29.8 Å². The molecule has 3 unspecified atom stereocenters. The first kappa shape index (κ1) is 14.7. The molecule has 1 fully saturated rings. The SMILES string of the molecule is COc1ccc(C(N)CSC2CCCC(C)C2)cc1. The van der Waals surface area contributed by atoms with Crippen molar-refractivity contribution in [3.63, 3.8) is 0 Å². The molecule has 1 aromatic rings. The number of ether oxygens (including phenoxy) is 1. The van der Waals surface area contributed by atoms with Gasteiger partial charge in [0.25, 0.3) is 0 Å². The summed E-state index contributed by atoms with van der Waals surface area (Å²) in [5.41, 5.74) is 7.48. The Morgan fingerprint density at radius 2 is 2.05 bits per heavy atom. The van der Waals surface area contributed by atoms with E-state index in [1.807, 2.05) is 12.1 Å². The zero-order chi connectivity index (χ0) is 13.7. The molecule has 0 spiro atoms. The van der Waals surface area contributed by atoms with Gasteiger partial charge in [-0.3, -0.25) is 0 Å². The topological polar surface area (TPSA) is 35.2 Å². The molecule has 3 heteroatoms. The van der Waals surface area contributed by atoms with Gasteiger partial charge in [0.05, 0.1) is 7.11 Å². The van der Waals surface area contributed by atoms with Gasteiger partial charge in [-0.1, -0.05) is 31.9 Å². The second kappa shape index (κ2) is 7.20. The van der Waals surface area contributed by atoms with Gasteiger partial charge in [0.2, 0.25) is 0 Å². The summed E-state index contributed by atoms with van der Waals surface area (Å²) >= 11 is 2.06. The van der Waals surface area contributed by atoms with Crippen LogP contribution in [0.3, 0.4) is 0 Å². The van der Waals surface area contributed by atoms with Crippen molar-refractivity contribution in [1.82, 2.24) is 0 Å². The highest BCUT2D eigenvalue weighted by molar-refractivity contribution is 7.99. The third-order valence-electron chi connectivity index (χ3n) is 3.94. The molecule has 1 aromatic carbocycles. The molecule has 0 amide bonds. The van der Waals surface area contributed by atoms with E-state index in [-0.39, 0.29) is 6.04 Å². The van der Waals surface area contributed by atoms with Gasteiger partial charge in [-0.05, 0) is 36.5 Å². The van der Waals surface area contributed by atoms with E-state index in [0.29, 0.717) is 0 Å². The van der Waals surface area contributed by atoms with E-state index in [1.165, 1.54) is 31.2 Å². The minimum Gasteiger partial charge on any atom is -0.497 e. The summed E-state index contributed by atoms with van der Waals surface area (Å²) in [5, 5.41) is 0.813. The van der Waals surface area contributed by atoms with Gasteiger partial charge in [0.15, 0.2) is 0 Å². The minimum absolute atomic E-state index is 0.133. The zero-order valence-electron chi connectivity index (χ0n) is 12.0. The number of hydrogen-bond donors (Lipinski definition) is 1. The van der Waals surface area contributed by atoms with Gasteiger partial charge in [0, 0.05) is 17.0 Å². The smallest absolute Gasteiger partial charge is 0.118 e. The van der Waals surface area contributed by atoms with E-state index in [2.05, 4.69) is 30.8 Å². The van der Waals surface area contributed by atoms with Gasteiger partial charge in [-0.2, -0.15) is 11.8 Å². The summed E-state index contributed by atoms with van der Waals surface area (Å²) in [6.07, 6.45) is 5.52. The molecule has 0 heterocycles. The molecule has 0 aliphatic heterocycles. The van der Waals surface area contributed by atoms with E-state index in [0.717, 1.165) is 22.7 Å². The quantitative estimate of drug-likeness (QED) is 0.884. The predicted octanol–water partition coefficient (Wildman–Crippen LogP) is 4.01. The number of rotatable bonds is 5. The first-order valence-corrected chi connectivity index (χ1v) is 8.25. The van der Waals surface area contributed by atoms with Crippen molar-refractivity contribution in [3.8, 4) is 5.75 Å². The zero-order valence-corrected chi connectivity index (χ0v) is 12.8. The van der Waals surface area contributed by atoms with Gasteiger partial charge >= 0.3 is 0 Å². The molecule has 0 bridgehead atoms. The highest BCUT2D eigenvalue weighted by Crippen LogP contribution is 2.33. The van der Waals surface area contributed by atoms with E-state index in [4.69, 9.17) is 10.5 Å². The summed E-state index contributed by atoms with van der Waals surface area (Å²) in [6, 6.07) is 8.26. The Hall–Kier alpha value is -0.670. The van der Waals surface area contributed by atoms with Crippen LogP contribution in [-0.2, 0) is 0 Å². The maximum Gasteiger partial charge on any atom is 0.118 e. The van der Waals surface area contributed by atoms with Crippen LogP contribution in [0, 0.1) is 5.92 Å². The Balaban J connectivity index is 1.81. The van der Waals surface area contributed by atoms with E-state index < -0.39 is 0 Å². The second-order valence-electron chi connectivity index (χ2n) is 5.61. The third kappa shape index (κ3) is 4.43. The number of hydrogen-bond acceptors (Lipinski definition) is 3. The van der Waals surface area contributed by atoms with E-state index >= 15 is 0 Å². The molecule has 106 valence electrons. The third-order valence-corrected chi connectivity index (χ3v) is 5.39. The van der Waals surface area contributed by atoms with Crippen LogP contribution in [0.15, 0.2) is 24.3 Å². The van der Waals surface area contributed by atoms with Gasteiger partial charge in [-0.25, -0.2) is 0 Å². The Kier molecular flexibility index (Phi) is 5.59. The molecular weight excluding hydrogens is 254 g/mol. The van der Waals surface area contributed by atoms with Crippen molar-refractivity contribution in [2.45, 2.75) is 43.9 Å². The lowest BCUT2D eigenvalue weighted by Crippen LogP contribution is -2.19. The molecule has 2 N–H and O–H groups in total. The van der Waals surface area contributed by atoms with Crippen molar-refractivity contribution in [2.24, 2.45) is 11.7 Å². The van der Waals surface area contributed by atoms with E-state index in [1.54, 1.807) is 7.11 Å². The molecule has 1 aliphatic carbocycles. The maximum atomic E-state index is 6.28.